The molecule has 0 spiro atoms. The van der Waals surface area contributed by atoms with Crippen LogP contribution in [0.2, 0.25) is 0 Å². The van der Waals surface area contributed by atoms with Gasteiger partial charge in [-0.25, -0.2) is 0 Å². The molecule has 0 amide bonds. The molecule has 20 heavy (non-hydrogen) atoms. The summed E-state index contributed by atoms with van der Waals surface area (Å²) in [6.45, 7) is 0. The van der Waals surface area contributed by atoms with Crippen molar-refractivity contribution < 1.29 is 0 Å². The van der Waals surface area contributed by atoms with Crippen LogP contribution in [0.1, 0.15) is 0 Å². The normalized spacial score (nSPS) is 12.0. The molecule has 1 nitrogen and oxygen atoms in total. The Hall–Kier alpha value is -2.67. The Balaban J connectivity index is 2.08. The van der Waals surface area contributed by atoms with Crippen LogP contribution < -0.4 is 0 Å². The zero-order chi connectivity index (χ0) is 13.1. The van der Waals surface area contributed by atoms with Crippen molar-refractivity contribution in [3.05, 3.63) is 66.9 Å². The number of rotatable bonds is 0. The fraction of sp³-hybridized carbons (Fsp3) is 0. The van der Waals surface area contributed by atoms with Gasteiger partial charge in [0.05, 0.1) is 5.52 Å². The van der Waals surface area contributed by atoms with Gasteiger partial charge in [-0.15, -0.1) is 0 Å². The average Bonchev–Trinajstić information content (AvgIpc) is 2.85. The minimum Gasteiger partial charge on any atom is -0.256 e. The van der Waals surface area contributed by atoms with Gasteiger partial charge in [0, 0.05) is 11.6 Å². The molecule has 0 N–H and O–H groups in total. The summed E-state index contributed by atoms with van der Waals surface area (Å²) in [5.41, 5.74) is 6.42. The molecule has 0 aliphatic heterocycles. The molecule has 0 saturated heterocycles. The predicted molar refractivity (Wildman–Crippen MR) is 83.7 cm³/mol. The van der Waals surface area contributed by atoms with Crippen molar-refractivity contribution in [3.8, 4) is 22.3 Å². The van der Waals surface area contributed by atoms with Crippen LogP contribution in [-0.4, -0.2) is 4.98 Å². The topological polar surface area (TPSA) is 12.9 Å². The second-order valence-electron chi connectivity index (χ2n) is 5.27. The van der Waals surface area contributed by atoms with Gasteiger partial charge in [0.1, 0.15) is 0 Å². The molecule has 1 heterocycles. The highest BCUT2D eigenvalue weighted by Gasteiger charge is 2.22. The zero-order valence-electron chi connectivity index (χ0n) is 10.8. The van der Waals surface area contributed by atoms with Gasteiger partial charge >= 0.3 is 0 Å². The van der Waals surface area contributed by atoms with Crippen LogP contribution in [0.25, 0.3) is 43.9 Å². The van der Waals surface area contributed by atoms with Crippen molar-refractivity contribution in [2.45, 2.75) is 0 Å². The monoisotopic (exact) mass is 253 g/mol. The molecule has 0 atom stereocenters. The lowest BCUT2D eigenvalue weighted by molar-refractivity contribution is 1.41. The fourth-order valence-electron chi connectivity index (χ4n) is 3.44. The van der Waals surface area contributed by atoms with E-state index in [0.717, 1.165) is 5.52 Å². The minimum atomic E-state index is 1.07. The van der Waals surface area contributed by atoms with Gasteiger partial charge in [0.15, 0.2) is 0 Å². The third-order valence-corrected chi connectivity index (χ3v) is 4.25. The van der Waals surface area contributed by atoms with Crippen molar-refractivity contribution in [1.29, 1.82) is 0 Å². The molecule has 1 heteroatoms. The molecule has 0 unspecified atom stereocenters. The van der Waals surface area contributed by atoms with E-state index in [-0.39, 0.29) is 0 Å². The third-order valence-electron chi connectivity index (χ3n) is 4.25. The van der Waals surface area contributed by atoms with Crippen LogP contribution in [0.15, 0.2) is 66.9 Å². The van der Waals surface area contributed by atoms with E-state index in [9.17, 15) is 0 Å². The molecule has 0 fully saturated rings. The van der Waals surface area contributed by atoms with E-state index >= 15 is 0 Å². The van der Waals surface area contributed by atoms with Crippen molar-refractivity contribution >= 4 is 21.7 Å². The lowest BCUT2D eigenvalue weighted by atomic mass is 9.99. The predicted octanol–water partition coefficient (Wildman–Crippen LogP) is 5.04. The molecule has 0 saturated carbocycles. The largest absolute Gasteiger partial charge is 0.256 e. The fourth-order valence-corrected chi connectivity index (χ4v) is 3.44. The summed E-state index contributed by atoms with van der Waals surface area (Å²) in [7, 11) is 0. The Labute approximate surface area is 116 Å². The van der Waals surface area contributed by atoms with Crippen LogP contribution in [-0.2, 0) is 0 Å². The first-order chi connectivity index (χ1) is 9.93. The number of benzene rings is 3. The molecule has 0 bridgehead atoms. The maximum Gasteiger partial charge on any atom is 0.0708 e. The first kappa shape index (κ1) is 10.2. The van der Waals surface area contributed by atoms with Gasteiger partial charge in [0.2, 0.25) is 0 Å². The van der Waals surface area contributed by atoms with Crippen molar-refractivity contribution in [1.82, 2.24) is 4.98 Å². The Morgan fingerprint density at radius 3 is 2.40 bits per heavy atom. The number of pyridine rings is 1. The Bertz CT molecular complexity index is 994. The van der Waals surface area contributed by atoms with Crippen LogP contribution in [0.5, 0.6) is 0 Å². The molecule has 92 valence electrons. The average molecular weight is 253 g/mol. The van der Waals surface area contributed by atoms with Gasteiger partial charge in [-0.3, -0.25) is 4.98 Å². The molecule has 0 radical (unpaired) electrons. The molecular formula is C19H11N. The number of nitrogens with zero attached hydrogens (tertiary/aromatic N) is 1. The summed E-state index contributed by atoms with van der Waals surface area (Å²) in [5.74, 6) is 0. The minimum absolute atomic E-state index is 1.07. The summed E-state index contributed by atoms with van der Waals surface area (Å²) >= 11 is 0. The van der Waals surface area contributed by atoms with Gasteiger partial charge in [-0.2, -0.15) is 0 Å². The van der Waals surface area contributed by atoms with E-state index in [1.165, 1.54) is 38.4 Å². The Morgan fingerprint density at radius 2 is 1.50 bits per heavy atom. The quantitative estimate of drug-likeness (QED) is 0.377. The Kier molecular flexibility index (Phi) is 1.75. The third kappa shape index (κ3) is 1.11. The lowest BCUT2D eigenvalue weighted by Gasteiger charge is -2.06. The summed E-state index contributed by atoms with van der Waals surface area (Å²) in [6, 6.07) is 21.6. The highest BCUT2D eigenvalue weighted by molar-refractivity contribution is 6.20. The molecule has 1 aliphatic carbocycles. The van der Waals surface area contributed by atoms with E-state index in [1.54, 1.807) is 0 Å². The van der Waals surface area contributed by atoms with Crippen LogP contribution in [0.4, 0.5) is 0 Å². The van der Waals surface area contributed by atoms with E-state index in [4.69, 9.17) is 0 Å². The molecular weight excluding hydrogens is 242 g/mol. The highest BCUT2D eigenvalue weighted by Crippen LogP contribution is 2.49. The number of hydrogen-bond donors (Lipinski definition) is 0. The molecule has 1 aromatic heterocycles. The summed E-state index contributed by atoms with van der Waals surface area (Å²) < 4.78 is 0. The highest BCUT2D eigenvalue weighted by atomic mass is 14.6. The van der Waals surface area contributed by atoms with Gasteiger partial charge in [-0.1, -0.05) is 48.5 Å². The first-order valence-electron chi connectivity index (χ1n) is 6.84. The zero-order valence-corrected chi connectivity index (χ0v) is 10.8. The molecule has 3 aromatic carbocycles. The standard InChI is InChI=1S/C19H11N/c1-4-12-5-2-7-16-18(12)13(6-1)14-9-10-17-15(19(14)16)8-3-11-20-17/h1-11H. The number of aromatic nitrogens is 1. The van der Waals surface area contributed by atoms with E-state index in [0.29, 0.717) is 0 Å². The maximum atomic E-state index is 4.49. The second-order valence-corrected chi connectivity index (χ2v) is 5.27. The number of fused-ring (bicyclic) bond motifs is 5. The summed E-state index contributed by atoms with van der Waals surface area (Å²) in [4.78, 5) is 4.49. The van der Waals surface area contributed by atoms with Crippen LogP contribution in [0.3, 0.4) is 0 Å². The summed E-state index contributed by atoms with van der Waals surface area (Å²) in [6.07, 6.45) is 1.86. The van der Waals surface area contributed by atoms with E-state index in [2.05, 4.69) is 59.6 Å². The Morgan fingerprint density at radius 1 is 0.650 bits per heavy atom. The van der Waals surface area contributed by atoms with Crippen molar-refractivity contribution in [2.24, 2.45) is 0 Å². The SMILES string of the molecule is c1cc2c3c(cccc3c1)-c1c-2ccc2ncccc12. The molecule has 1 aliphatic rings. The van der Waals surface area contributed by atoms with Crippen LogP contribution >= 0.6 is 0 Å². The smallest absolute Gasteiger partial charge is 0.0708 e. The molecule has 5 rings (SSSR count). The van der Waals surface area contributed by atoms with E-state index in [1.807, 2.05) is 12.3 Å². The van der Waals surface area contributed by atoms with Gasteiger partial charge in [-0.05, 0) is 45.2 Å². The van der Waals surface area contributed by atoms with Crippen molar-refractivity contribution in [2.75, 3.05) is 0 Å². The maximum absolute atomic E-state index is 4.49. The van der Waals surface area contributed by atoms with Crippen LogP contribution in [0, 0.1) is 0 Å². The number of hydrogen-bond acceptors (Lipinski definition) is 1. The van der Waals surface area contributed by atoms with E-state index < -0.39 is 0 Å². The lowest BCUT2D eigenvalue weighted by Crippen LogP contribution is -1.82. The van der Waals surface area contributed by atoms with Gasteiger partial charge in [0.25, 0.3) is 0 Å². The van der Waals surface area contributed by atoms with Crippen molar-refractivity contribution in [3.63, 3.8) is 0 Å². The molecule has 4 aromatic rings. The summed E-state index contributed by atoms with van der Waals surface area (Å²) in [5, 5.41) is 3.93. The van der Waals surface area contributed by atoms with Gasteiger partial charge < -0.3 is 0 Å². The first-order valence-corrected chi connectivity index (χ1v) is 6.84. The second kappa shape index (κ2) is 3.45.